The Morgan fingerprint density at radius 3 is 2.55 bits per heavy atom. The third kappa shape index (κ3) is 4.98. The highest BCUT2D eigenvalue weighted by atomic mass is 32.2. The molecule has 0 bridgehead atoms. The lowest BCUT2D eigenvalue weighted by molar-refractivity contribution is -0.109. The molecule has 0 saturated heterocycles. The number of carbonyl (C=O) groups is 1. The molecule has 0 fully saturated rings. The van der Waals surface area contributed by atoms with E-state index in [1.165, 1.54) is 6.08 Å². The fourth-order valence-electron chi connectivity index (χ4n) is 0.444. The molecule has 0 amide bonds. The van der Waals surface area contributed by atoms with Crippen LogP contribution in [0.2, 0.25) is 0 Å². The first-order chi connectivity index (χ1) is 5.07. The van der Waals surface area contributed by atoms with Crippen LogP contribution in [0.3, 0.4) is 0 Å². The molecule has 0 saturated carbocycles. The molecule has 4 heteroatoms. The molecule has 0 atom stereocenters. The fourth-order valence-corrected chi connectivity index (χ4v) is 0.722. The third-order valence-electron chi connectivity index (χ3n) is 1.02. The summed E-state index contributed by atoms with van der Waals surface area (Å²) in [5, 5.41) is -0.508. The third-order valence-corrected chi connectivity index (χ3v) is 1.58. The van der Waals surface area contributed by atoms with E-state index in [0.29, 0.717) is 6.54 Å². The Morgan fingerprint density at radius 1 is 1.64 bits per heavy atom. The van der Waals surface area contributed by atoms with Gasteiger partial charge in [0, 0.05) is 6.54 Å². The molecule has 0 heterocycles. The highest BCUT2D eigenvalue weighted by Gasteiger charge is 2.05. The second-order valence-corrected chi connectivity index (χ2v) is 3.08. The van der Waals surface area contributed by atoms with Crippen molar-refractivity contribution < 1.29 is 9.18 Å². The van der Waals surface area contributed by atoms with Crippen molar-refractivity contribution in [3.63, 3.8) is 0 Å². The van der Waals surface area contributed by atoms with E-state index in [0.717, 1.165) is 11.8 Å². The van der Waals surface area contributed by atoms with Gasteiger partial charge < -0.3 is 4.90 Å². The minimum absolute atomic E-state index is 0.456. The van der Waals surface area contributed by atoms with Crippen LogP contribution in [-0.4, -0.2) is 36.9 Å². The van der Waals surface area contributed by atoms with Gasteiger partial charge >= 0.3 is 0 Å². The second kappa shape index (κ2) is 5.32. The zero-order valence-electron chi connectivity index (χ0n) is 6.93. The van der Waals surface area contributed by atoms with Gasteiger partial charge in [0.25, 0.3) is 0 Å². The van der Waals surface area contributed by atoms with Crippen LogP contribution in [0.15, 0.2) is 11.9 Å². The molecule has 0 aromatic rings. The van der Waals surface area contributed by atoms with Crippen molar-refractivity contribution >= 4 is 16.9 Å². The maximum absolute atomic E-state index is 12.6. The molecule has 0 aromatic carbocycles. The molecular weight excluding hydrogens is 165 g/mol. The van der Waals surface area contributed by atoms with Crippen LogP contribution < -0.4 is 0 Å². The van der Waals surface area contributed by atoms with Crippen LogP contribution in [-0.2, 0) is 4.79 Å². The topological polar surface area (TPSA) is 20.3 Å². The number of rotatable bonds is 3. The summed E-state index contributed by atoms with van der Waals surface area (Å²) in [6, 6.07) is 0. The molecule has 64 valence electrons. The molecule has 0 aliphatic heterocycles. The minimum Gasteiger partial charge on any atom is -0.306 e. The molecule has 0 aromatic heterocycles. The highest BCUT2D eigenvalue weighted by Crippen LogP contribution is 2.07. The SMILES string of the molecule is CSC(=O)/C(F)=C/CN(C)C. The molecule has 0 radical (unpaired) electrons. The quantitative estimate of drug-likeness (QED) is 0.606. The monoisotopic (exact) mass is 177 g/mol. The van der Waals surface area contributed by atoms with Gasteiger partial charge in [-0.2, -0.15) is 0 Å². The molecule has 0 N–H and O–H groups in total. The van der Waals surface area contributed by atoms with Gasteiger partial charge in [-0.3, -0.25) is 4.79 Å². The number of likely N-dealkylation sites (N-methyl/N-ethyl adjacent to an activating group) is 1. The maximum atomic E-state index is 12.6. The summed E-state index contributed by atoms with van der Waals surface area (Å²) in [4.78, 5) is 12.4. The van der Waals surface area contributed by atoms with Crippen LogP contribution in [0.4, 0.5) is 4.39 Å². The van der Waals surface area contributed by atoms with E-state index < -0.39 is 10.9 Å². The van der Waals surface area contributed by atoms with Crippen molar-refractivity contribution in [2.75, 3.05) is 26.9 Å². The predicted octanol–water partition coefficient (Wildman–Crippen LogP) is 1.29. The van der Waals surface area contributed by atoms with Gasteiger partial charge in [0.05, 0.1) is 0 Å². The molecule has 0 unspecified atom stereocenters. The van der Waals surface area contributed by atoms with Crippen molar-refractivity contribution in [2.24, 2.45) is 0 Å². The molecule has 0 aliphatic rings. The van der Waals surface area contributed by atoms with Gasteiger partial charge in [0.2, 0.25) is 5.12 Å². The van der Waals surface area contributed by atoms with Crippen molar-refractivity contribution in [3.05, 3.63) is 11.9 Å². The molecule has 0 aliphatic carbocycles. The Kier molecular flexibility index (Phi) is 5.15. The van der Waals surface area contributed by atoms with E-state index >= 15 is 0 Å². The molecule has 0 rings (SSSR count). The van der Waals surface area contributed by atoms with Gasteiger partial charge in [-0.25, -0.2) is 4.39 Å². The Labute approximate surface area is 70.4 Å². The first kappa shape index (κ1) is 10.7. The molecule has 11 heavy (non-hydrogen) atoms. The molecule has 0 spiro atoms. The number of halogens is 1. The van der Waals surface area contributed by atoms with E-state index in [1.54, 1.807) is 11.2 Å². The number of carbonyl (C=O) groups excluding carboxylic acids is 1. The maximum Gasteiger partial charge on any atom is 0.247 e. The smallest absolute Gasteiger partial charge is 0.247 e. The Bertz CT molecular complexity index is 168. The Morgan fingerprint density at radius 2 is 2.18 bits per heavy atom. The fraction of sp³-hybridized carbons (Fsp3) is 0.571. The van der Waals surface area contributed by atoms with Crippen LogP contribution in [0.25, 0.3) is 0 Å². The van der Waals surface area contributed by atoms with Crippen LogP contribution in [0.5, 0.6) is 0 Å². The first-order valence-corrected chi connectivity index (χ1v) is 4.39. The lowest BCUT2D eigenvalue weighted by Gasteiger charge is -2.03. The van der Waals surface area contributed by atoms with E-state index in [4.69, 9.17) is 0 Å². The minimum atomic E-state index is -0.661. The Hall–Kier alpha value is -0.350. The summed E-state index contributed by atoms with van der Waals surface area (Å²) >= 11 is 0.884. The lowest BCUT2D eigenvalue weighted by Crippen LogP contribution is -2.11. The number of hydrogen-bond acceptors (Lipinski definition) is 3. The summed E-state index contributed by atoms with van der Waals surface area (Å²) < 4.78 is 12.6. The molecular formula is C7H12FNOS. The van der Waals surface area contributed by atoms with Crippen molar-refractivity contribution in [3.8, 4) is 0 Å². The average molecular weight is 177 g/mol. The van der Waals surface area contributed by atoms with E-state index in [2.05, 4.69) is 0 Å². The highest BCUT2D eigenvalue weighted by molar-refractivity contribution is 8.13. The number of nitrogens with zero attached hydrogens (tertiary/aromatic N) is 1. The average Bonchev–Trinajstić information content (AvgIpc) is 1.98. The zero-order valence-corrected chi connectivity index (χ0v) is 7.74. The van der Waals surface area contributed by atoms with Gasteiger partial charge in [0.1, 0.15) is 0 Å². The standard InChI is InChI=1S/C7H12FNOS/c1-9(2)5-4-6(8)7(10)11-3/h4H,5H2,1-3H3/b6-4-. The Balaban J connectivity index is 3.90. The normalized spacial score (nSPS) is 12.3. The van der Waals surface area contributed by atoms with E-state index in [1.807, 2.05) is 14.1 Å². The van der Waals surface area contributed by atoms with Crippen LogP contribution in [0, 0.1) is 0 Å². The summed E-state index contributed by atoms with van der Waals surface area (Å²) in [6.45, 7) is 0.456. The largest absolute Gasteiger partial charge is 0.306 e. The van der Waals surface area contributed by atoms with Gasteiger partial charge in [-0.1, -0.05) is 11.8 Å². The summed E-state index contributed by atoms with van der Waals surface area (Å²) in [5.41, 5.74) is 0. The van der Waals surface area contributed by atoms with Gasteiger partial charge in [-0.05, 0) is 26.4 Å². The molecule has 2 nitrogen and oxygen atoms in total. The number of hydrogen-bond donors (Lipinski definition) is 0. The van der Waals surface area contributed by atoms with Crippen molar-refractivity contribution in [1.82, 2.24) is 4.90 Å². The van der Waals surface area contributed by atoms with Crippen LogP contribution in [0.1, 0.15) is 0 Å². The summed E-state index contributed by atoms with van der Waals surface area (Å²) in [6.07, 6.45) is 2.84. The summed E-state index contributed by atoms with van der Waals surface area (Å²) in [7, 11) is 3.63. The second-order valence-electron chi connectivity index (χ2n) is 2.31. The van der Waals surface area contributed by atoms with E-state index in [-0.39, 0.29) is 0 Å². The zero-order chi connectivity index (χ0) is 8.85. The van der Waals surface area contributed by atoms with Gasteiger partial charge in [0.15, 0.2) is 5.83 Å². The van der Waals surface area contributed by atoms with Gasteiger partial charge in [-0.15, -0.1) is 0 Å². The van der Waals surface area contributed by atoms with E-state index in [9.17, 15) is 9.18 Å². The van der Waals surface area contributed by atoms with Crippen molar-refractivity contribution in [1.29, 1.82) is 0 Å². The number of thioether (sulfide) groups is 1. The first-order valence-electron chi connectivity index (χ1n) is 3.16. The summed E-state index contributed by atoms with van der Waals surface area (Å²) in [5.74, 6) is -0.661. The predicted molar refractivity (Wildman–Crippen MR) is 46.3 cm³/mol. The van der Waals surface area contributed by atoms with Crippen LogP contribution >= 0.6 is 11.8 Å². The van der Waals surface area contributed by atoms with Crippen molar-refractivity contribution in [2.45, 2.75) is 0 Å². The lowest BCUT2D eigenvalue weighted by atomic mass is 10.4.